The Morgan fingerprint density at radius 2 is 2.35 bits per heavy atom. The van der Waals surface area contributed by atoms with Crippen LogP contribution in [0, 0.1) is 0 Å². The molecule has 88 valence electrons. The Morgan fingerprint density at radius 3 is 3.12 bits per heavy atom. The zero-order chi connectivity index (χ0) is 11.8. The van der Waals surface area contributed by atoms with E-state index < -0.39 is 0 Å². The lowest BCUT2D eigenvalue weighted by molar-refractivity contribution is 0.547. The Balaban J connectivity index is 1.95. The summed E-state index contributed by atoms with van der Waals surface area (Å²) in [5.41, 5.74) is 8.96. The van der Waals surface area contributed by atoms with Crippen LogP contribution in [0.25, 0.3) is 0 Å². The summed E-state index contributed by atoms with van der Waals surface area (Å²) in [7, 11) is 0. The number of hydrogen-bond acceptors (Lipinski definition) is 3. The van der Waals surface area contributed by atoms with E-state index in [4.69, 9.17) is 5.73 Å². The highest BCUT2D eigenvalue weighted by Gasteiger charge is 2.31. The van der Waals surface area contributed by atoms with E-state index in [0.717, 1.165) is 17.3 Å². The molecule has 0 spiro atoms. The highest BCUT2D eigenvalue weighted by Crippen LogP contribution is 2.42. The second kappa shape index (κ2) is 4.52. The third kappa shape index (κ3) is 1.94. The van der Waals surface area contributed by atoms with Gasteiger partial charge in [-0.25, -0.2) is 0 Å². The summed E-state index contributed by atoms with van der Waals surface area (Å²) in [6, 6.07) is 6.29. The van der Waals surface area contributed by atoms with Gasteiger partial charge in [-0.15, -0.1) is 11.3 Å². The van der Waals surface area contributed by atoms with Gasteiger partial charge in [0.2, 0.25) is 0 Å². The van der Waals surface area contributed by atoms with E-state index in [1.54, 1.807) is 11.3 Å². The van der Waals surface area contributed by atoms with Crippen molar-refractivity contribution in [1.29, 1.82) is 0 Å². The molecule has 1 aliphatic carbocycles. The predicted molar refractivity (Wildman–Crippen MR) is 74.2 cm³/mol. The van der Waals surface area contributed by atoms with E-state index in [1.165, 1.54) is 16.1 Å². The van der Waals surface area contributed by atoms with Crippen molar-refractivity contribution in [2.75, 3.05) is 0 Å². The predicted octanol–water partition coefficient (Wildman–Crippen LogP) is 3.64. The van der Waals surface area contributed by atoms with E-state index in [2.05, 4.69) is 38.4 Å². The topological polar surface area (TPSA) is 38.9 Å². The van der Waals surface area contributed by atoms with Gasteiger partial charge in [-0.05, 0) is 51.8 Å². The van der Waals surface area contributed by atoms with Crippen LogP contribution in [0.15, 0.2) is 34.2 Å². The van der Waals surface area contributed by atoms with Gasteiger partial charge < -0.3 is 5.73 Å². The number of halogens is 1. The van der Waals surface area contributed by atoms with Gasteiger partial charge in [0.1, 0.15) is 0 Å². The lowest BCUT2D eigenvalue weighted by Gasteiger charge is -2.18. The second-order valence-electron chi connectivity index (χ2n) is 4.35. The summed E-state index contributed by atoms with van der Waals surface area (Å²) < 4.78 is 1.12. The lowest BCUT2D eigenvalue weighted by Crippen LogP contribution is -2.18. The van der Waals surface area contributed by atoms with Gasteiger partial charge in [0.05, 0.1) is 0 Å². The quantitative estimate of drug-likeness (QED) is 0.920. The van der Waals surface area contributed by atoms with E-state index in [0.29, 0.717) is 5.92 Å². The Morgan fingerprint density at radius 1 is 1.47 bits per heavy atom. The van der Waals surface area contributed by atoms with E-state index in [1.807, 2.05) is 12.3 Å². The maximum absolute atomic E-state index is 6.40. The van der Waals surface area contributed by atoms with Crippen LogP contribution in [0.4, 0.5) is 0 Å². The van der Waals surface area contributed by atoms with Crippen LogP contribution < -0.4 is 5.73 Å². The highest BCUT2D eigenvalue weighted by molar-refractivity contribution is 9.10. The van der Waals surface area contributed by atoms with Crippen LogP contribution in [0.1, 0.15) is 34.5 Å². The number of aromatic nitrogens is 1. The minimum atomic E-state index is 0.0560. The summed E-state index contributed by atoms with van der Waals surface area (Å²) in [4.78, 5) is 5.74. The number of aryl methyl sites for hydroxylation is 1. The Bertz CT molecular complexity index is 538. The summed E-state index contributed by atoms with van der Waals surface area (Å²) in [5, 5.41) is 2.08. The number of thiophene rings is 1. The van der Waals surface area contributed by atoms with Crippen LogP contribution in [0.3, 0.4) is 0 Å². The van der Waals surface area contributed by atoms with Crippen LogP contribution in [0.2, 0.25) is 0 Å². The van der Waals surface area contributed by atoms with Crippen molar-refractivity contribution in [2.24, 2.45) is 5.73 Å². The Hall–Kier alpha value is -0.710. The Labute approximate surface area is 113 Å². The van der Waals surface area contributed by atoms with Crippen molar-refractivity contribution in [2.45, 2.75) is 24.8 Å². The fraction of sp³-hybridized carbons (Fsp3) is 0.308. The first-order valence-corrected chi connectivity index (χ1v) is 7.37. The molecule has 2 aromatic heterocycles. The van der Waals surface area contributed by atoms with Crippen LogP contribution in [-0.2, 0) is 6.42 Å². The summed E-state index contributed by atoms with van der Waals surface area (Å²) in [6.07, 6.45) is 4.08. The number of fused-ring (bicyclic) bond motifs is 1. The molecule has 2 aromatic rings. The average molecular weight is 309 g/mol. The minimum Gasteiger partial charge on any atom is -0.323 e. The molecule has 0 fully saturated rings. The molecule has 4 heteroatoms. The molecule has 0 aliphatic heterocycles. The number of pyridine rings is 1. The van der Waals surface area contributed by atoms with Gasteiger partial charge >= 0.3 is 0 Å². The second-order valence-corrected chi connectivity index (χ2v) is 6.15. The van der Waals surface area contributed by atoms with Gasteiger partial charge in [-0.2, -0.15) is 0 Å². The van der Waals surface area contributed by atoms with Gasteiger partial charge in [0, 0.05) is 33.2 Å². The maximum atomic E-state index is 6.40. The van der Waals surface area contributed by atoms with Gasteiger partial charge in [-0.3, -0.25) is 4.98 Å². The van der Waals surface area contributed by atoms with Crippen LogP contribution in [-0.4, -0.2) is 4.98 Å². The smallest absolute Gasteiger partial charge is 0.0486 e. The van der Waals surface area contributed by atoms with Crippen molar-refractivity contribution in [3.8, 4) is 0 Å². The van der Waals surface area contributed by atoms with E-state index >= 15 is 0 Å². The van der Waals surface area contributed by atoms with Gasteiger partial charge in [-0.1, -0.05) is 6.07 Å². The van der Waals surface area contributed by atoms with Gasteiger partial charge in [0.15, 0.2) is 0 Å². The molecule has 0 amide bonds. The molecule has 0 saturated heterocycles. The third-order valence-electron chi connectivity index (χ3n) is 3.38. The zero-order valence-corrected chi connectivity index (χ0v) is 11.7. The number of nitrogens with zero attached hydrogens (tertiary/aromatic N) is 1. The molecule has 0 saturated carbocycles. The van der Waals surface area contributed by atoms with E-state index in [-0.39, 0.29) is 6.04 Å². The zero-order valence-electron chi connectivity index (χ0n) is 9.27. The van der Waals surface area contributed by atoms with Crippen molar-refractivity contribution in [3.63, 3.8) is 0 Å². The highest BCUT2D eigenvalue weighted by atomic mass is 79.9. The van der Waals surface area contributed by atoms with Crippen LogP contribution in [0.5, 0.6) is 0 Å². The average Bonchev–Trinajstić information content (AvgIpc) is 2.94. The SMILES string of the molecule is NC(c1sccc1Br)C1CCc2cccnc21. The Kier molecular flexibility index (Phi) is 3.03. The fourth-order valence-electron chi connectivity index (χ4n) is 2.52. The van der Waals surface area contributed by atoms with Crippen molar-refractivity contribution in [1.82, 2.24) is 4.98 Å². The third-order valence-corrected chi connectivity index (χ3v) is 5.36. The lowest BCUT2D eigenvalue weighted by atomic mass is 9.96. The first-order chi connectivity index (χ1) is 8.27. The summed E-state index contributed by atoms with van der Waals surface area (Å²) >= 11 is 5.28. The molecular weight excluding hydrogens is 296 g/mol. The molecule has 0 aromatic carbocycles. The molecule has 2 nitrogen and oxygen atoms in total. The van der Waals surface area contributed by atoms with Crippen LogP contribution >= 0.6 is 27.3 Å². The largest absolute Gasteiger partial charge is 0.323 e. The molecule has 2 N–H and O–H groups in total. The molecular formula is C13H13BrN2S. The molecule has 2 atom stereocenters. The minimum absolute atomic E-state index is 0.0560. The molecule has 2 heterocycles. The molecule has 2 unspecified atom stereocenters. The number of nitrogens with two attached hydrogens (primary N) is 1. The normalized spacial score (nSPS) is 20.2. The number of hydrogen-bond donors (Lipinski definition) is 1. The van der Waals surface area contributed by atoms with E-state index in [9.17, 15) is 0 Å². The summed E-state index contributed by atoms with van der Waals surface area (Å²) in [6.45, 7) is 0. The van der Waals surface area contributed by atoms with Crippen molar-refractivity contribution in [3.05, 3.63) is 50.4 Å². The van der Waals surface area contributed by atoms with Crippen molar-refractivity contribution < 1.29 is 0 Å². The fourth-order valence-corrected chi connectivity index (χ4v) is 4.22. The van der Waals surface area contributed by atoms with Gasteiger partial charge in [0.25, 0.3) is 0 Å². The first-order valence-electron chi connectivity index (χ1n) is 5.69. The molecule has 0 radical (unpaired) electrons. The molecule has 1 aliphatic rings. The monoisotopic (exact) mass is 308 g/mol. The standard InChI is InChI=1S/C13H13BrN2S/c14-10-5-7-17-13(10)11(15)9-4-3-8-2-1-6-16-12(8)9/h1-2,5-7,9,11H,3-4,15H2. The maximum Gasteiger partial charge on any atom is 0.0486 e. The summed E-state index contributed by atoms with van der Waals surface area (Å²) in [5.74, 6) is 0.362. The molecule has 17 heavy (non-hydrogen) atoms. The first kappa shape index (κ1) is 11.4. The molecule has 3 rings (SSSR count). The molecule has 0 bridgehead atoms. The van der Waals surface area contributed by atoms with Crippen molar-refractivity contribution >= 4 is 27.3 Å². The number of rotatable bonds is 2.